The highest BCUT2D eigenvalue weighted by Gasteiger charge is 2.21. The zero-order valence-electron chi connectivity index (χ0n) is 18.4. The fourth-order valence-electron chi connectivity index (χ4n) is 4.19. The van der Waals surface area contributed by atoms with Crippen LogP contribution in [0.15, 0.2) is 41.9 Å². The predicted octanol–water partition coefficient (Wildman–Crippen LogP) is 3.31. The number of aromatic nitrogens is 2. The summed E-state index contributed by atoms with van der Waals surface area (Å²) in [6, 6.07) is 9.61. The summed E-state index contributed by atoms with van der Waals surface area (Å²) in [7, 11) is 0. The van der Waals surface area contributed by atoms with E-state index in [1.165, 1.54) is 0 Å². The third-order valence-electron chi connectivity index (χ3n) is 5.97. The Kier molecular flexibility index (Phi) is 6.52. The van der Waals surface area contributed by atoms with E-state index >= 15 is 0 Å². The van der Waals surface area contributed by atoms with E-state index in [4.69, 9.17) is 9.72 Å². The van der Waals surface area contributed by atoms with Gasteiger partial charge in [0.1, 0.15) is 10.7 Å². The topological polar surface area (TPSA) is 90.6 Å². The minimum Gasteiger partial charge on any atom is -0.379 e. The Balaban J connectivity index is 1.25. The molecule has 9 heteroatoms. The van der Waals surface area contributed by atoms with Gasteiger partial charge in [-0.2, -0.15) is 0 Å². The number of nitrogens with one attached hydrogen (secondary N) is 2. The third kappa shape index (κ3) is 5.16. The summed E-state index contributed by atoms with van der Waals surface area (Å²) in [6.45, 7) is 4.91. The van der Waals surface area contributed by atoms with Crippen molar-refractivity contribution in [1.82, 2.24) is 19.8 Å². The maximum Gasteiger partial charge on any atom is 0.270 e. The van der Waals surface area contributed by atoms with E-state index in [0.717, 1.165) is 66.5 Å². The quantitative estimate of drug-likeness (QED) is 0.583. The lowest BCUT2D eigenvalue weighted by atomic mass is 10.2. The number of carbonyl (C=O) groups excluding carboxylic acids is 2. The number of ether oxygens (including phenoxy) is 1. The van der Waals surface area contributed by atoms with Crippen LogP contribution in [0.5, 0.6) is 0 Å². The molecule has 172 valence electrons. The van der Waals surface area contributed by atoms with Gasteiger partial charge in [-0.15, -0.1) is 11.3 Å². The molecule has 8 nitrogen and oxygen atoms in total. The van der Waals surface area contributed by atoms with Crippen LogP contribution in [0.4, 0.5) is 5.69 Å². The van der Waals surface area contributed by atoms with Crippen molar-refractivity contribution >= 4 is 28.8 Å². The SMILES string of the molecule is O=C(CN1CCOCC1)Nc1cccc(-c2nc(-c3c[nH]c(C(=O)N4CCCC4)c3)cs2)c1. The van der Waals surface area contributed by atoms with Crippen LogP contribution < -0.4 is 5.32 Å². The molecule has 0 radical (unpaired) electrons. The van der Waals surface area contributed by atoms with Crippen LogP contribution in [0.2, 0.25) is 0 Å². The Hall–Kier alpha value is -3.01. The first kappa shape index (κ1) is 21.8. The highest BCUT2D eigenvalue weighted by molar-refractivity contribution is 7.13. The molecule has 4 heterocycles. The number of amides is 2. The first-order valence-corrected chi connectivity index (χ1v) is 12.2. The highest BCUT2D eigenvalue weighted by atomic mass is 32.1. The van der Waals surface area contributed by atoms with Crippen molar-refractivity contribution in [3.63, 3.8) is 0 Å². The molecule has 0 unspecified atom stereocenters. The number of thiazole rings is 1. The Bertz CT molecular complexity index is 1130. The van der Waals surface area contributed by atoms with E-state index in [0.29, 0.717) is 25.5 Å². The van der Waals surface area contributed by atoms with Crippen LogP contribution in [0.25, 0.3) is 21.8 Å². The highest BCUT2D eigenvalue weighted by Crippen LogP contribution is 2.31. The first-order valence-electron chi connectivity index (χ1n) is 11.3. The first-order chi connectivity index (χ1) is 16.2. The van der Waals surface area contributed by atoms with Gasteiger partial charge in [-0.05, 0) is 31.0 Å². The lowest BCUT2D eigenvalue weighted by Crippen LogP contribution is -2.41. The molecular formula is C24H27N5O3S. The van der Waals surface area contributed by atoms with Crippen molar-refractivity contribution in [3.8, 4) is 21.8 Å². The fourth-order valence-corrected chi connectivity index (χ4v) is 5.01. The van der Waals surface area contributed by atoms with Gasteiger partial charge in [-0.25, -0.2) is 4.98 Å². The number of benzene rings is 1. The summed E-state index contributed by atoms with van der Waals surface area (Å²) in [4.78, 5) is 36.9. The smallest absolute Gasteiger partial charge is 0.270 e. The number of aromatic amines is 1. The van der Waals surface area contributed by atoms with E-state index in [-0.39, 0.29) is 11.8 Å². The van der Waals surface area contributed by atoms with Crippen molar-refractivity contribution in [1.29, 1.82) is 0 Å². The molecule has 2 aliphatic heterocycles. The van der Waals surface area contributed by atoms with Crippen LogP contribution in [0.3, 0.4) is 0 Å². The molecule has 0 saturated carbocycles. The largest absolute Gasteiger partial charge is 0.379 e. The number of hydrogen-bond acceptors (Lipinski definition) is 6. The zero-order chi connectivity index (χ0) is 22.6. The van der Waals surface area contributed by atoms with Crippen LogP contribution in [-0.4, -0.2) is 77.5 Å². The number of H-pyrrole nitrogens is 1. The second-order valence-corrected chi connectivity index (χ2v) is 9.21. The van der Waals surface area contributed by atoms with E-state index in [2.05, 4.69) is 15.2 Å². The molecule has 2 aliphatic rings. The minimum atomic E-state index is -0.0311. The van der Waals surface area contributed by atoms with E-state index in [9.17, 15) is 9.59 Å². The van der Waals surface area contributed by atoms with Crippen molar-refractivity contribution in [2.24, 2.45) is 0 Å². The van der Waals surface area contributed by atoms with Gasteiger partial charge in [0.05, 0.1) is 25.5 Å². The van der Waals surface area contributed by atoms with Crippen LogP contribution in [-0.2, 0) is 9.53 Å². The number of likely N-dealkylation sites (tertiary alicyclic amines) is 1. The molecule has 2 N–H and O–H groups in total. The lowest BCUT2D eigenvalue weighted by Gasteiger charge is -2.25. The Labute approximate surface area is 196 Å². The second kappa shape index (κ2) is 9.86. The number of nitrogens with zero attached hydrogens (tertiary/aromatic N) is 3. The summed E-state index contributed by atoms with van der Waals surface area (Å²) in [5.74, 6) is 0.0196. The van der Waals surface area contributed by atoms with Crippen molar-refractivity contribution in [2.75, 3.05) is 51.3 Å². The molecule has 3 aromatic rings. The number of morpholine rings is 1. The van der Waals surface area contributed by atoms with E-state index in [1.807, 2.05) is 46.8 Å². The van der Waals surface area contributed by atoms with E-state index in [1.54, 1.807) is 11.3 Å². The molecule has 2 saturated heterocycles. The van der Waals surface area contributed by atoms with Gasteiger partial charge in [0, 0.05) is 54.6 Å². The third-order valence-corrected chi connectivity index (χ3v) is 6.86. The fraction of sp³-hybridized carbons (Fsp3) is 0.375. The molecule has 2 amide bonds. The average Bonchev–Trinajstić information content (AvgIpc) is 3.61. The van der Waals surface area contributed by atoms with Crippen LogP contribution >= 0.6 is 11.3 Å². The van der Waals surface area contributed by atoms with Gasteiger partial charge >= 0.3 is 0 Å². The maximum absolute atomic E-state index is 12.6. The Morgan fingerprint density at radius 3 is 2.73 bits per heavy atom. The molecule has 1 aromatic carbocycles. The second-order valence-electron chi connectivity index (χ2n) is 8.36. The van der Waals surface area contributed by atoms with Gasteiger partial charge < -0.3 is 19.9 Å². The maximum atomic E-state index is 12.6. The molecule has 0 spiro atoms. The lowest BCUT2D eigenvalue weighted by molar-refractivity contribution is -0.118. The number of anilines is 1. The molecule has 2 fully saturated rings. The van der Waals surface area contributed by atoms with Crippen molar-refractivity contribution in [2.45, 2.75) is 12.8 Å². The summed E-state index contributed by atoms with van der Waals surface area (Å²) in [6.07, 6.45) is 3.98. The van der Waals surface area contributed by atoms with Gasteiger partial charge in [0.15, 0.2) is 0 Å². The Morgan fingerprint density at radius 2 is 1.91 bits per heavy atom. The molecule has 0 aliphatic carbocycles. The van der Waals surface area contributed by atoms with E-state index < -0.39 is 0 Å². The summed E-state index contributed by atoms with van der Waals surface area (Å²) >= 11 is 1.54. The van der Waals surface area contributed by atoms with Crippen molar-refractivity contribution < 1.29 is 14.3 Å². The van der Waals surface area contributed by atoms with Crippen LogP contribution in [0, 0.1) is 0 Å². The van der Waals surface area contributed by atoms with Crippen molar-refractivity contribution in [3.05, 3.63) is 47.6 Å². The zero-order valence-corrected chi connectivity index (χ0v) is 19.2. The molecular weight excluding hydrogens is 438 g/mol. The summed E-state index contributed by atoms with van der Waals surface area (Å²) in [5, 5.41) is 5.84. The minimum absolute atomic E-state index is 0.0311. The van der Waals surface area contributed by atoms with Gasteiger partial charge in [-0.3, -0.25) is 14.5 Å². The predicted molar refractivity (Wildman–Crippen MR) is 128 cm³/mol. The van der Waals surface area contributed by atoms with Gasteiger partial charge in [-0.1, -0.05) is 12.1 Å². The molecule has 0 atom stereocenters. The molecule has 5 rings (SSSR count). The molecule has 33 heavy (non-hydrogen) atoms. The molecule has 2 aromatic heterocycles. The number of hydrogen-bond donors (Lipinski definition) is 2. The van der Waals surface area contributed by atoms with Gasteiger partial charge in [0.25, 0.3) is 5.91 Å². The normalized spacial score (nSPS) is 16.8. The number of carbonyl (C=O) groups is 2. The monoisotopic (exact) mass is 465 g/mol. The average molecular weight is 466 g/mol. The summed E-state index contributed by atoms with van der Waals surface area (Å²) in [5.41, 5.74) is 4.02. The summed E-state index contributed by atoms with van der Waals surface area (Å²) < 4.78 is 5.33. The van der Waals surface area contributed by atoms with Gasteiger partial charge in [0.2, 0.25) is 5.91 Å². The Morgan fingerprint density at radius 1 is 1.09 bits per heavy atom. The molecule has 0 bridgehead atoms. The standard InChI is InChI=1S/C24H27N5O3S/c30-22(15-28-8-10-32-11-9-28)26-19-5-3-4-17(12-19)23-27-21(16-33-23)18-13-20(25-14-18)24(31)29-6-1-2-7-29/h3-5,12-14,16,25H,1-2,6-11,15H2,(H,26,30). The number of rotatable bonds is 6. The van der Waals surface area contributed by atoms with Crippen LogP contribution in [0.1, 0.15) is 23.3 Å².